The van der Waals surface area contributed by atoms with Gasteiger partial charge in [0.25, 0.3) is 5.91 Å². The summed E-state index contributed by atoms with van der Waals surface area (Å²) in [6, 6.07) is 11.7. The van der Waals surface area contributed by atoms with E-state index in [4.69, 9.17) is 21.7 Å². The molecule has 3 atom stereocenters. The Morgan fingerprint density at radius 3 is 2.72 bits per heavy atom. The molecule has 3 saturated heterocycles. The minimum Gasteiger partial charge on any atom is -0.452 e. The molecule has 0 spiro atoms. The SMILES string of the molecule is CC(=N)/C=C(\C=O)Oc1ccc(C(=O)N[C@H]2C(=O)N3C(c4cccc(Cl)c4)CCC3C3(C#N)CC2C3)nc1C. The molecular formula is C29H28ClN5O4. The monoisotopic (exact) mass is 545 g/mol. The van der Waals surface area contributed by atoms with Crippen LogP contribution in [0, 0.1) is 35.0 Å². The van der Waals surface area contributed by atoms with Crippen LogP contribution in [0.4, 0.5) is 0 Å². The van der Waals surface area contributed by atoms with Crippen LogP contribution in [-0.2, 0) is 9.59 Å². The summed E-state index contributed by atoms with van der Waals surface area (Å²) in [5.41, 5.74) is 0.941. The van der Waals surface area contributed by atoms with Gasteiger partial charge in [-0.1, -0.05) is 23.7 Å². The number of halogens is 1. The Morgan fingerprint density at radius 2 is 2.08 bits per heavy atom. The highest BCUT2D eigenvalue weighted by molar-refractivity contribution is 6.30. The van der Waals surface area contributed by atoms with Crippen molar-refractivity contribution < 1.29 is 19.1 Å². The lowest BCUT2D eigenvalue weighted by Gasteiger charge is -2.45. The quantitative estimate of drug-likeness (QED) is 0.230. The number of hydrogen-bond donors (Lipinski definition) is 2. The molecule has 39 heavy (non-hydrogen) atoms. The van der Waals surface area contributed by atoms with Crippen molar-refractivity contribution in [3.05, 3.63) is 70.2 Å². The molecule has 2 aromatic rings. The highest BCUT2D eigenvalue weighted by Gasteiger charge is 2.63. The van der Waals surface area contributed by atoms with E-state index in [9.17, 15) is 19.6 Å². The average molecular weight is 546 g/mol. The van der Waals surface area contributed by atoms with Gasteiger partial charge in [0.2, 0.25) is 5.91 Å². The number of aldehydes is 1. The molecule has 9 nitrogen and oxygen atoms in total. The summed E-state index contributed by atoms with van der Waals surface area (Å²) in [6.07, 6.45) is 4.33. The zero-order valence-corrected chi connectivity index (χ0v) is 22.4. The van der Waals surface area contributed by atoms with Gasteiger partial charge in [0, 0.05) is 16.8 Å². The number of carbonyl (C=O) groups is 3. The highest BCUT2D eigenvalue weighted by atomic mass is 35.5. The van der Waals surface area contributed by atoms with Gasteiger partial charge in [0.15, 0.2) is 12.0 Å². The number of fused-ring (bicyclic) bond motifs is 1. The molecule has 4 fully saturated rings. The molecule has 10 heteroatoms. The molecule has 2 bridgehead atoms. The van der Waals surface area contributed by atoms with Gasteiger partial charge >= 0.3 is 0 Å². The first-order valence-electron chi connectivity index (χ1n) is 12.8. The van der Waals surface area contributed by atoms with E-state index in [0.717, 1.165) is 18.4 Å². The molecule has 0 radical (unpaired) electrons. The van der Waals surface area contributed by atoms with Crippen LogP contribution in [-0.4, -0.2) is 45.8 Å². The van der Waals surface area contributed by atoms with Gasteiger partial charge in [-0.05, 0) is 75.3 Å². The van der Waals surface area contributed by atoms with Crippen LogP contribution in [0.25, 0.3) is 0 Å². The first kappa shape index (κ1) is 26.6. The average Bonchev–Trinajstić information content (AvgIpc) is 3.26. The summed E-state index contributed by atoms with van der Waals surface area (Å²) >= 11 is 6.25. The first-order valence-corrected chi connectivity index (χ1v) is 13.2. The van der Waals surface area contributed by atoms with Crippen LogP contribution in [0.1, 0.15) is 60.4 Å². The molecular weight excluding hydrogens is 518 g/mol. The van der Waals surface area contributed by atoms with Crippen LogP contribution in [0.15, 0.2) is 48.2 Å². The number of ether oxygens (including phenoxy) is 1. The number of nitrogens with one attached hydrogen (secondary N) is 2. The number of carbonyl (C=O) groups excluding carboxylic acids is 3. The second kappa shape index (κ2) is 10.3. The number of amides is 2. The van der Waals surface area contributed by atoms with E-state index in [1.165, 1.54) is 25.1 Å². The first-order chi connectivity index (χ1) is 18.7. The van der Waals surface area contributed by atoms with E-state index < -0.39 is 17.4 Å². The number of aryl methyl sites for hydroxylation is 1. The van der Waals surface area contributed by atoms with Gasteiger partial charge in [0.05, 0.1) is 29.3 Å². The summed E-state index contributed by atoms with van der Waals surface area (Å²) in [4.78, 5) is 44.7. The van der Waals surface area contributed by atoms with Crippen molar-refractivity contribution in [1.82, 2.24) is 15.2 Å². The largest absolute Gasteiger partial charge is 0.452 e. The van der Waals surface area contributed by atoms with Crippen LogP contribution in [0.3, 0.4) is 0 Å². The Morgan fingerprint density at radius 1 is 1.31 bits per heavy atom. The van der Waals surface area contributed by atoms with Crippen LogP contribution in [0.2, 0.25) is 5.02 Å². The van der Waals surface area contributed by atoms with Gasteiger partial charge in [-0.2, -0.15) is 5.26 Å². The second-order valence-corrected chi connectivity index (χ2v) is 11.0. The van der Waals surface area contributed by atoms with Gasteiger partial charge < -0.3 is 20.4 Å². The fourth-order valence-electron chi connectivity index (χ4n) is 6.22. The molecule has 2 N–H and O–H groups in total. The van der Waals surface area contributed by atoms with E-state index in [-0.39, 0.29) is 46.8 Å². The van der Waals surface area contributed by atoms with Gasteiger partial charge in [-0.3, -0.25) is 14.4 Å². The number of benzene rings is 1. The summed E-state index contributed by atoms with van der Waals surface area (Å²) in [6.45, 7) is 3.16. The summed E-state index contributed by atoms with van der Waals surface area (Å²) in [5, 5.41) is 21.1. The smallest absolute Gasteiger partial charge is 0.270 e. The van der Waals surface area contributed by atoms with E-state index in [0.29, 0.717) is 29.8 Å². The van der Waals surface area contributed by atoms with Gasteiger partial charge in [0.1, 0.15) is 17.5 Å². The number of pyridine rings is 1. The zero-order valence-electron chi connectivity index (χ0n) is 21.6. The summed E-state index contributed by atoms with van der Waals surface area (Å²) in [5.74, 6) is -0.598. The number of rotatable bonds is 7. The molecule has 2 unspecified atom stereocenters. The third-order valence-corrected chi connectivity index (χ3v) is 8.22. The third kappa shape index (κ3) is 4.81. The fraction of sp³-hybridized carbons (Fsp3) is 0.379. The summed E-state index contributed by atoms with van der Waals surface area (Å²) in [7, 11) is 0. The van der Waals surface area contributed by atoms with Crippen molar-refractivity contribution in [2.75, 3.05) is 0 Å². The molecule has 4 aliphatic rings. The van der Waals surface area contributed by atoms with Crippen molar-refractivity contribution in [2.45, 2.75) is 57.7 Å². The van der Waals surface area contributed by atoms with Crippen molar-refractivity contribution in [3.63, 3.8) is 0 Å². The molecule has 1 aliphatic carbocycles. The van der Waals surface area contributed by atoms with Gasteiger partial charge in [-0.15, -0.1) is 0 Å². The number of hydrogen-bond acceptors (Lipinski definition) is 7. The lowest BCUT2D eigenvalue weighted by molar-refractivity contribution is -0.136. The van der Waals surface area contributed by atoms with Crippen molar-refractivity contribution in [1.29, 1.82) is 10.7 Å². The molecule has 4 heterocycles. The maximum atomic E-state index is 14.0. The lowest BCUT2D eigenvalue weighted by atomic mass is 9.58. The number of aromatic nitrogens is 1. The standard InChI is InChI=1S/C29H28ClN5O4/c1-16(32)10-21(14-36)39-24-8-6-22(33-17(24)2)27(37)34-26-19-12-29(13-19,15-31)25-9-7-23(35(25)28(26)38)18-4-3-5-20(30)11-18/h3-6,8,10-11,14,19,23,25-26,32H,7,9,12-13H2,1-2H3,(H,34,37)/b21-10+,32-16?/t19?,23?,25?,26-,29?/m1/s1. The molecule has 1 saturated carbocycles. The Labute approximate surface area is 231 Å². The predicted molar refractivity (Wildman–Crippen MR) is 143 cm³/mol. The molecule has 1 aromatic carbocycles. The molecule has 200 valence electrons. The minimum atomic E-state index is -0.776. The van der Waals surface area contributed by atoms with E-state index in [2.05, 4.69) is 16.4 Å². The Hall–Kier alpha value is -4.03. The van der Waals surface area contributed by atoms with E-state index in [1.807, 2.05) is 23.1 Å². The minimum absolute atomic E-state index is 0.0472. The topological polar surface area (TPSA) is 136 Å². The normalized spacial score (nSPS) is 27.5. The highest BCUT2D eigenvalue weighted by Crippen LogP contribution is 2.58. The van der Waals surface area contributed by atoms with Crippen LogP contribution < -0.4 is 10.1 Å². The van der Waals surface area contributed by atoms with E-state index >= 15 is 0 Å². The lowest BCUT2D eigenvalue weighted by Crippen LogP contribution is -2.52. The zero-order chi connectivity index (χ0) is 27.9. The maximum absolute atomic E-state index is 14.0. The fourth-order valence-corrected chi connectivity index (χ4v) is 6.42. The third-order valence-electron chi connectivity index (χ3n) is 7.98. The van der Waals surface area contributed by atoms with Crippen molar-refractivity contribution in [3.8, 4) is 11.8 Å². The van der Waals surface area contributed by atoms with Crippen molar-refractivity contribution >= 4 is 35.4 Å². The molecule has 2 amide bonds. The number of allylic oxidation sites excluding steroid dienone is 2. The summed E-state index contributed by atoms with van der Waals surface area (Å²) < 4.78 is 5.54. The molecule has 3 aliphatic heterocycles. The molecule has 1 aromatic heterocycles. The Balaban J connectivity index is 1.39. The molecule has 6 rings (SSSR count). The van der Waals surface area contributed by atoms with Crippen LogP contribution in [0.5, 0.6) is 5.75 Å². The number of nitrogens with zero attached hydrogens (tertiary/aromatic N) is 3. The second-order valence-electron chi connectivity index (χ2n) is 10.5. The van der Waals surface area contributed by atoms with E-state index in [1.54, 1.807) is 13.0 Å². The van der Waals surface area contributed by atoms with Crippen LogP contribution >= 0.6 is 11.6 Å². The number of nitriles is 1. The maximum Gasteiger partial charge on any atom is 0.270 e. The predicted octanol–water partition coefficient (Wildman–Crippen LogP) is 4.31. The Kier molecular flexibility index (Phi) is 7.00. The Bertz CT molecular complexity index is 1440. The van der Waals surface area contributed by atoms with Crippen molar-refractivity contribution in [2.24, 2.45) is 11.3 Å². The van der Waals surface area contributed by atoms with Gasteiger partial charge in [-0.25, -0.2) is 4.98 Å².